The van der Waals surface area contributed by atoms with Crippen LogP contribution in [0.25, 0.3) is 0 Å². The summed E-state index contributed by atoms with van der Waals surface area (Å²) in [6.07, 6.45) is 1.06. The van der Waals surface area contributed by atoms with Crippen molar-refractivity contribution in [1.82, 2.24) is 10.6 Å². The highest BCUT2D eigenvalue weighted by Crippen LogP contribution is 2.18. The number of amides is 2. The van der Waals surface area contributed by atoms with Gasteiger partial charge >= 0.3 is 0 Å². The van der Waals surface area contributed by atoms with Gasteiger partial charge in [0.05, 0.1) is 5.56 Å². The molecule has 5 nitrogen and oxygen atoms in total. The standard InChI is InChI=1S/C12H14ClN3O2/c13-7-1-3-10(14)9(5-7)12(18)16-8-2-4-11(17)15-6-8/h1,3,5,8H,2,4,6,14H2,(H,15,17)(H,16,18). The quantitative estimate of drug-likeness (QED) is 0.697. The Morgan fingerprint density at radius 1 is 1.50 bits per heavy atom. The van der Waals surface area contributed by atoms with Crippen molar-refractivity contribution in [2.45, 2.75) is 18.9 Å². The van der Waals surface area contributed by atoms with Gasteiger partial charge in [-0.3, -0.25) is 9.59 Å². The summed E-state index contributed by atoms with van der Waals surface area (Å²) in [5.41, 5.74) is 6.47. The van der Waals surface area contributed by atoms with E-state index >= 15 is 0 Å². The van der Waals surface area contributed by atoms with Crippen LogP contribution in [-0.2, 0) is 4.79 Å². The van der Waals surface area contributed by atoms with Gasteiger partial charge in [-0.1, -0.05) is 11.6 Å². The smallest absolute Gasteiger partial charge is 0.253 e. The van der Waals surface area contributed by atoms with Gasteiger partial charge in [0.15, 0.2) is 0 Å². The average molecular weight is 268 g/mol. The number of halogens is 1. The molecule has 6 heteroatoms. The normalized spacial score (nSPS) is 19.2. The lowest BCUT2D eigenvalue weighted by atomic mass is 10.1. The molecule has 1 fully saturated rings. The molecule has 0 aromatic heterocycles. The number of hydrogen-bond donors (Lipinski definition) is 3. The predicted octanol–water partition coefficient (Wildman–Crippen LogP) is 0.931. The summed E-state index contributed by atoms with van der Waals surface area (Å²) >= 11 is 5.83. The molecule has 2 rings (SSSR count). The number of anilines is 1. The van der Waals surface area contributed by atoms with Crippen LogP contribution in [0.2, 0.25) is 5.02 Å². The van der Waals surface area contributed by atoms with E-state index in [1.54, 1.807) is 12.1 Å². The molecule has 0 aliphatic carbocycles. The van der Waals surface area contributed by atoms with Crippen molar-refractivity contribution in [2.24, 2.45) is 0 Å². The van der Waals surface area contributed by atoms with Crippen LogP contribution in [0.3, 0.4) is 0 Å². The molecule has 1 atom stereocenters. The minimum absolute atomic E-state index is 0.0165. The molecule has 2 amide bonds. The molecule has 1 heterocycles. The summed E-state index contributed by atoms with van der Waals surface area (Å²) in [5, 5.41) is 6.00. The van der Waals surface area contributed by atoms with Crippen LogP contribution >= 0.6 is 11.6 Å². The van der Waals surface area contributed by atoms with E-state index in [1.807, 2.05) is 0 Å². The lowest BCUT2D eigenvalue weighted by Gasteiger charge is -2.23. The molecule has 1 aliphatic heterocycles. The Balaban J connectivity index is 2.03. The predicted molar refractivity (Wildman–Crippen MR) is 69.4 cm³/mol. The van der Waals surface area contributed by atoms with Gasteiger partial charge in [-0.25, -0.2) is 0 Å². The first-order chi connectivity index (χ1) is 8.56. The fourth-order valence-electron chi connectivity index (χ4n) is 1.84. The topological polar surface area (TPSA) is 84.2 Å². The van der Waals surface area contributed by atoms with Gasteiger partial charge in [0.2, 0.25) is 5.91 Å². The maximum absolute atomic E-state index is 12.0. The zero-order valence-electron chi connectivity index (χ0n) is 9.70. The number of hydrogen-bond acceptors (Lipinski definition) is 3. The molecule has 1 unspecified atom stereocenters. The third-order valence-corrected chi connectivity index (χ3v) is 3.10. The van der Waals surface area contributed by atoms with Crippen LogP contribution in [0.4, 0.5) is 5.69 Å². The third-order valence-electron chi connectivity index (χ3n) is 2.86. The van der Waals surface area contributed by atoms with Gasteiger partial charge in [-0.2, -0.15) is 0 Å². The van der Waals surface area contributed by atoms with Gasteiger partial charge in [-0.15, -0.1) is 0 Å². The number of piperidine rings is 1. The Labute approximate surface area is 110 Å². The molecule has 1 aromatic rings. The summed E-state index contributed by atoms with van der Waals surface area (Å²) in [6.45, 7) is 0.449. The molecule has 1 saturated heterocycles. The van der Waals surface area contributed by atoms with Crippen LogP contribution in [0.1, 0.15) is 23.2 Å². The molecular formula is C12H14ClN3O2. The lowest BCUT2D eigenvalue weighted by Crippen LogP contribution is -2.47. The molecule has 0 saturated carbocycles. The average Bonchev–Trinajstić information content (AvgIpc) is 2.35. The van der Waals surface area contributed by atoms with Gasteiger partial charge in [0.1, 0.15) is 0 Å². The van der Waals surface area contributed by atoms with Gasteiger partial charge in [0.25, 0.3) is 5.91 Å². The van der Waals surface area contributed by atoms with E-state index in [4.69, 9.17) is 17.3 Å². The second-order valence-corrected chi connectivity index (χ2v) is 4.68. The van der Waals surface area contributed by atoms with E-state index in [0.717, 1.165) is 0 Å². The van der Waals surface area contributed by atoms with E-state index in [0.29, 0.717) is 35.7 Å². The van der Waals surface area contributed by atoms with E-state index in [9.17, 15) is 9.59 Å². The Morgan fingerprint density at radius 3 is 2.94 bits per heavy atom. The Hall–Kier alpha value is -1.75. The fourth-order valence-corrected chi connectivity index (χ4v) is 2.02. The maximum Gasteiger partial charge on any atom is 0.253 e. The molecular weight excluding hydrogens is 254 g/mol. The van der Waals surface area contributed by atoms with E-state index in [-0.39, 0.29) is 17.9 Å². The van der Waals surface area contributed by atoms with Crippen LogP contribution in [0.15, 0.2) is 18.2 Å². The summed E-state index contributed by atoms with van der Waals surface area (Å²) in [4.78, 5) is 23.0. The largest absolute Gasteiger partial charge is 0.398 e. The monoisotopic (exact) mass is 267 g/mol. The lowest BCUT2D eigenvalue weighted by molar-refractivity contribution is -0.122. The first kappa shape index (κ1) is 12.7. The molecule has 1 aromatic carbocycles. The van der Waals surface area contributed by atoms with E-state index in [1.165, 1.54) is 6.07 Å². The van der Waals surface area contributed by atoms with Gasteiger partial charge in [-0.05, 0) is 24.6 Å². The van der Waals surface area contributed by atoms with Crippen molar-refractivity contribution in [1.29, 1.82) is 0 Å². The second kappa shape index (κ2) is 5.27. The van der Waals surface area contributed by atoms with Crippen LogP contribution < -0.4 is 16.4 Å². The molecule has 0 radical (unpaired) electrons. The number of carbonyl (C=O) groups is 2. The van der Waals surface area contributed by atoms with Crippen molar-refractivity contribution in [2.75, 3.05) is 12.3 Å². The van der Waals surface area contributed by atoms with Gasteiger partial charge in [0, 0.05) is 29.7 Å². The zero-order valence-corrected chi connectivity index (χ0v) is 10.5. The fraction of sp³-hybridized carbons (Fsp3) is 0.333. The second-order valence-electron chi connectivity index (χ2n) is 4.24. The van der Waals surface area contributed by atoms with Crippen molar-refractivity contribution in [3.63, 3.8) is 0 Å². The highest BCUT2D eigenvalue weighted by atomic mass is 35.5. The molecule has 0 spiro atoms. The van der Waals surface area contributed by atoms with Crippen LogP contribution in [0, 0.1) is 0 Å². The number of nitrogens with two attached hydrogens (primary N) is 1. The van der Waals surface area contributed by atoms with E-state index in [2.05, 4.69) is 10.6 Å². The Bertz CT molecular complexity index is 480. The zero-order chi connectivity index (χ0) is 13.1. The SMILES string of the molecule is Nc1ccc(Cl)cc1C(=O)NC1CCC(=O)NC1. The number of rotatable bonds is 2. The highest BCUT2D eigenvalue weighted by molar-refractivity contribution is 6.31. The Kier molecular flexibility index (Phi) is 3.72. The Morgan fingerprint density at radius 2 is 2.28 bits per heavy atom. The highest BCUT2D eigenvalue weighted by Gasteiger charge is 2.21. The molecule has 96 valence electrons. The first-order valence-electron chi connectivity index (χ1n) is 5.69. The third kappa shape index (κ3) is 2.92. The van der Waals surface area contributed by atoms with Gasteiger partial charge < -0.3 is 16.4 Å². The molecule has 4 N–H and O–H groups in total. The van der Waals surface area contributed by atoms with Crippen molar-refractivity contribution >= 4 is 29.1 Å². The summed E-state index contributed by atoms with van der Waals surface area (Å²) in [5.74, 6) is -0.251. The summed E-state index contributed by atoms with van der Waals surface area (Å²) in [6, 6.07) is 4.70. The number of nitrogens with one attached hydrogen (secondary N) is 2. The van der Waals surface area contributed by atoms with Crippen LogP contribution in [0.5, 0.6) is 0 Å². The number of benzene rings is 1. The van der Waals surface area contributed by atoms with Crippen molar-refractivity contribution in [3.8, 4) is 0 Å². The summed E-state index contributed by atoms with van der Waals surface area (Å²) < 4.78 is 0. The van der Waals surface area contributed by atoms with Crippen LogP contribution in [-0.4, -0.2) is 24.4 Å². The first-order valence-corrected chi connectivity index (χ1v) is 6.06. The molecule has 0 bridgehead atoms. The van der Waals surface area contributed by atoms with Crippen molar-refractivity contribution < 1.29 is 9.59 Å². The summed E-state index contributed by atoms with van der Waals surface area (Å²) in [7, 11) is 0. The maximum atomic E-state index is 12.0. The number of carbonyl (C=O) groups excluding carboxylic acids is 2. The molecule has 1 aliphatic rings. The van der Waals surface area contributed by atoms with E-state index < -0.39 is 0 Å². The minimum Gasteiger partial charge on any atom is -0.398 e. The molecule has 18 heavy (non-hydrogen) atoms. The number of nitrogen functional groups attached to an aromatic ring is 1. The van der Waals surface area contributed by atoms with Crippen molar-refractivity contribution in [3.05, 3.63) is 28.8 Å². The minimum atomic E-state index is -0.267.